The zero-order valence-electron chi connectivity index (χ0n) is 11.9. The van der Waals surface area contributed by atoms with E-state index in [4.69, 9.17) is 4.74 Å². The Labute approximate surface area is 121 Å². The highest BCUT2D eigenvalue weighted by Gasteiger charge is 2.18. The van der Waals surface area contributed by atoms with Gasteiger partial charge in [-0.05, 0) is 18.6 Å². The van der Waals surface area contributed by atoms with E-state index in [-0.39, 0.29) is 18.1 Å². The van der Waals surface area contributed by atoms with E-state index in [2.05, 4.69) is 15.0 Å². The second-order valence-corrected chi connectivity index (χ2v) is 4.23. The number of nitrogens with zero attached hydrogens (tertiary/aromatic N) is 3. The molecule has 1 aromatic heterocycles. The maximum Gasteiger partial charge on any atom is 0.360 e. The summed E-state index contributed by atoms with van der Waals surface area (Å²) in [5.41, 5.74) is 0.866. The fraction of sp³-hybridized carbons (Fsp3) is 0.357. The lowest BCUT2D eigenvalue weighted by atomic mass is 10.2. The van der Waals surface area contributed by atoms with E-state index in [1.54, 1.807) is 22.9 Å². The van der Waals surface area contributed by atoms with Crippen molar-refractivity contribution in [3.05, 3.63) is 41.5 Å². The van der Waals surface area contributed by atoms with Crippen LogP contribution in [0.25, 0.3) is 0 Å². The number of benzene rings is 1. The lowest BCUT2D eigenvalue weighted by molar-refractivity contribution is 0.0592. The summed E-state index contributed by atoms with van der Waals surface area (Å²) in [6, 6.07) is 6.17. The van der Waals surface area contributed by atoms with Gasteiger partial charge in [0.1, 0.15) is 6.61 Å². The minimum Gasteiger partial charge on any atom is -0.489 e. The predicted molar refractivity (Wildman–Crippen MR) is 72.6 cm³/mol. The summed E-state index contributed by atoms with van der Waals surface area (Å²) in [6.07, 6.45) is 0.580. The van der Waals surface area contributed by atoms with Crippen molar-refractivity contribution in [3.63, 3.8) is 0 Å². The Morgan fingerprint density at radius 3 is 2.81 bits per heavy atom. The Hall–Kier alpha value is -2.44. The fourth-order valence-electron chi connectivity index (χ4n) is 1.92. The Kier molecular flexibility index (Phi) is 4.86. The van der Waals surface area contributed by atoms with Crippen molar-refractivity contribution in [2.45, 2.75) is 19.9 Å². The highest BCUT2D eigenvalue weighted by molar-refractivity contribution is 5.88. The summed E-state index contributed by atoms with van der Waals surface area (Å²) in [7, 11) is 1.29. The molecule has 112 valence electrons. The number of methoxy groups -OCH3 is 1. The zero-order valence-corrected chi connectivity index (χ0v) is 11.9. The Morgan fingerprint density at radius 2 is 2.14 bits per heavy atom. The van der Waals surface area contributed by atoms with Crippen LogP contribution in [0, 0.1) is 5.82 Å². The molecule has 0 saturated heterocycles. The van der Waals surface area contributed by atoms with Crippen LogP contribution in [0.1, 0.15) is 23.1 Å². The number of hydrogen-bond acceptors (Lipinski definition) is 5. The van der Waals surface area contributed by atoms with Crippen LogP contribution in [0.5, 0.6) is 5.75 Å². The SMILES string of the molecule is CCc1c(C(=O)OC)nnn1CCOc1ccccc1F. The summed E-state index contributed by atoms with van der Waals surface area (Å²) in [4.78, 5) is 11.5. The molecule has 21 heavy (non-hydrogen) atoms. The van der Waals surface area contributed by atoms with Gasteiger partial charge in [0, 0.05) is 0 Å². The van der Waals surface area contributed by atoms with Crippen LogP contribution in [0.2, 0.25) is 0 Å². The topological polar surface area (TPSA) is 66.2 Å². The van der Waals surface area contributed by atoms with Crippen LogP contribution >= 0.6 is 0 Å². The number of carbonyl (C=O) groups is 1. The van der Waals surface area contributed by atoms with Gasteiger partial charge in [-0.25, -0.2) is 13.9 Å². The van der Waals surface area contributed by atoms with E-state index in [0.29, 0.717) is 18.7 Å². The number of rotatable bonds is 6. The number of para-hydroxylation sites is 1. The molecule has 0 aliphatic heterocycles. The lowest BCUT2D eigenvalue weighted by Gasteiger charge is -2.08. The Morgan fingerprint density at radius 1 is 1.38 bits per heavy atom. The number of hydrogen-bond donors (Lipinski definition) is 0. The van der Waals surface area contributed by atoms with Crippen molar-refractivity contribution in [2.24, 2.45) is 0 Å². The largest absolute Gasteiger partial charge is 0.489 e. The molecule has 0 saturated carbocycles. The zero-order chi connectivity index (χ0) is 15.2. The highest BCUT2D eigenvalue weighted by atomic mass is 19.1. The molecule has 2 aromatic rings. The van der Waals surface area contributed by atoms with Gasteiger partial charge in [0.15, 0.2) is 17.3 Å². The monoisotopic (exact) mass is 293 g/mol. The molecule has 0 spiro atoms. The molecule has 6 nitrogen and oxygen atoms in total. The third-order valence-electron chi connectivity index (χ3n) is 2.95. The molecule has 7 heteroatoms. The summed E-state index contributed by atoms with van der Waals surface area (Å²) in [5.74, 6) is -0.751. The average Bonchev–Trinajstić information content (AvgIpc) is 2.91. The third kappa shape index (κ3) is 3.36. The van der Waals surface area contributed by atoms with Crippen molar-refractivity contribution in [2.75, 3.05) is 13.7 Å². The van der Waals surface area contributed by atoms with E-state index in [9.17, 15) is 9.18 Å². The van der Waals surface area contributed by atoms with Crippen LogP contribution in [-0.4, -0.2) is 34.7 Å². The van der Waals surface area contributed by atoms with Gasteiger partial charge in [0.25, 0.3) is 0 Å². The van der Waals surface area contributed by atoms with Crippen LogP contribution < -0.4 is 4.74 Å². The molecule has 0 unspecified atom stereocenters. The lowest BCUT2D eigenvalue weighted by Crippen LogP contribution is -2.14. The molecule has 0 aliphatic carbocycles. The minimum atomic E-state index is -0.520. The maximum atomic E-state index is 13.4. The van der Waals surface area contributed by atoms with Crippen LogP contribution in [0.3, 0.4) is 0 Å². The molecule has 0 fully saturated rings. The number of aromatic nitrogens is 3. The molecule has 1 aromatic carbocycles. The van der Waals surface area contributed by atoms with Crippen LogP contribution in [-0.2, 0) is 17.7 Å². The summed E-state index contributed by atoms with van der Waals surface area (Å²) < 4.78 is 25.0. The van der Waals surface area contributed by atoms with E-state index in [1.807, 2.05) is 6.92 Å². The molecule has 1 heterocycles. The van der Waals surface area contributed by atoms with Gasteiger partial charge in [-0.15, -0.1) is 5.10 Å². The average molecular weight is 293 g/mol. The molecule has 2 rings (SSSR count). The van der Waals surface area contributed by atoms with E-state index in [1.165, 1.54) is 13.2 Å². The second kappa shape index (κ2) is 6.83. The molecule has 0 bridgehead atoms. The van der Waals surface area contributed by atoms with Gasteiger partial charge < -0.3 is 9.47 Å². The van der Waals surface area contributed by atoms with E-state index < -0.39 is 11.8 Å². The molecule has 0 amide bonds. The van der Waals surface area contributed by atoms with E-state index >= 15 is 0 Å². The number of halogens is 1. The molecular formula is C14H16FN3O3. The molecule has 0 aliphatic rings. The molecule has 0 N–H and O–H groups in total. The van der Waals surface area contributed by atoms with Crippen LogP contribution in [0.15, 0.2) is 24.3 Å². The van der Waals surface area contributed by atoms with Crippen molar-refractivity contribution in [1.82, 2.24) is 15.0 Å². The minimum absolute atomic E-state index is 0.184. The molecule has 0 radical (unpaired) electrons. The first-order valence-corrected chi connectivity index (χ1v) is 6.55. The van der Waals surface area contributed by atoms with Crippen molar-refractivity contribution >= 4 is 5.97 Å². The first kappa shape index (κ1) is 15.0. The predicted octanol–water partition coefficient (Wildman–Crippen LogP) is 1.85. The smallest absolute Gasteiger partial charge is 0.360 e. The molecule has 0 atom stereocenters. The van der Waals surface area contributed by atoms with Gasteiger partial charge >= 0.3 is 5.97 Å². The van der Waals surface area contributed by atoms with Crippen molar-refractivity contribution in [3.8, 4) is 5.75 Å². The quantitative estimate of drug-likeness (QED) is 0.760. The first-order valence-electron chi connectivity index (χ1n) is 6.55. The summed E-state index contributed by atoms with van der Waals surface area (Å²) in [5, 5.41) is 7.71. The van der Waals surface area contributed by atoms with Crippen molar-refractivity contribution in [1.29, 1.82) is 0 Å². The highest BCUT2D eigenvalue weighted by Crippen LogP contribution is 2.15. The number of esters is 1. The Balaban J connectivity index is 2.02. The summed E-state index contributed by atoms with van der Waals surface area (Å²) >= 11 is 0. The van der Waals surface area contributed by atoms with Crippen LogP contribution in [0.4, 0.5) is 4.39 Å². The number of carbonyl (C=O) groups excluding carboxylic acids is 1. The normalized spacial score (nSPS) is 10.4. The number of ether oxygens (including phenoxy) is 2. The third-order valence-corrected chi connectivity index (χ3v) is 2.95. The van der Waals surface area contributed by atoms with Gasteiger partial charge in [-0.2, -0.15) is 0 Å². The maximum absolute atomic E-state index is 13.4. The fourth-order valence-corrected chi connectivity index (χ4v) is 1.92. The van der Waals surface area contributed by atoms with Crippen molar-refractivity contribution < 1.29 is 18.7 Å². The Bertz CT molecular complexity index is 628. The standard InChI is InChI=1S/C14H16FN3O3/c1-3-11-13(14(19)20-2)16-17-18(11)8-9-21-12-7-5-4-6-10(12)15/h4-7H,3,8-9H2,1-2H3. The van der Waals surface area contributed by atoms with Gasteiger partial charge in [-0.1, -0.05) is 24.3 Å². The second-order valence-electron chi connectivity index (χ2n) is 4.23. The van der Waals surface area contributed by atoms with Gasteiger partial charge in [0.05, 0.1) is 19.3 Å². The van der Waals surface area contributed by atoms with E-state index in [0.717, 1.165) is 0 Å². The van der Waals surface area contributed by atoms with Gasteiger partial charge in [0.2, 0.25) is 0 Å². The molecular weight excluding hydrogens is 277 g/mol. The van der Waals surface area contributed by atoms with Gasteiger partial charge in [-0.3, -0.25) is 0 Å². The summed E-state index contributed by atoms with van der Waals surface area (Å²) in [6.45, 7) is 2.47. The first-order chi connectivity index (χ1) is 10.2.